The summed E-state index contributed by atoms with van der Waals surface area (Å²) in [5, 5.41) is 10.1. The molecular formula is C25H23ClO5S. The van der Waals surface area contributed by atoms with Crippen molar-refractivity contribution in [3.63, 3.8) is 0 Å². The number of ether oxygens (including phenoxy) is 1. The molecule has 0 fully saturated rings. The van der Waals surface area contributed by atoms with E-state index in [9.17, 15) is 18.3 Å². The van der Waals surface area contributed by atoms with Crippen molar-refractivity contribution < 1.29 is 23.1 Å². The van der Waals surface area contributed by atoms with Crippen molar-refractivity contribution >= 4 is 38.6 Å². The first kappa shape index (κ1) is 23.7. The lowest BCUT2D eigenvalue weighted by molar-refractivity contribution is 0.0557. The zero-order valence-electron chi connectivity index (χ0n) is 17.5. The van der Waals surface area contributed by atoms with Crippen LogP contribution in [0.5, 0.6) is 0 Å². The number of benzene rings is 3. The number of esters is 1. The number of alkyl halides is 1. The van der Waals surface area contributed by atoms with E-state index in [2.05, 4.69) is 0 Å². The van der Waals surface area contributed by atoms with Crippen LogP contribution in [0.4, 0.5) is 0 Å². The molecule has 3 aromatic rings. The van der Waals surface area contributed by atoms with Crippen LogP contribution in [-0.2, 0) is 20.5 Å². The lowest BCUT2D eigenvalue weighted by Gasteiger charge is -2.16. The quantitative estimate of drug-likeness (QED) is 0.296. The minimum atomic E-state index is -3.35. The molecule has 166 valence electrons. The lowest BCUT2D eigenvalue weighted by Crippen LogP contribution is -2.10. The Morgan fingerprint density at radius 3 is 1.94 bits per heavy atom. The summed E-state index contributed by atoms with van der Waals surface area (Å²) in [5.74, 6) is -0.162. The molecule has 3 aromatic carbocycles. The average molecular weight is 471 g/mol. The molecule has 0 saturated heterocycles. The van der Waals surface area contributed by atoms with Crippen LogP contribution in [0.3, 0.4) is 0 Å². The maximum Gasteiger partial charge on any atom is 0.338 e. The van der Waals surface area contributed by atoms with Crippen LogP contribution < -0.4 is 0 Å². The smallest absolute Gasteiger partial charge is 0.338 e. The van der Waals surface area contributed by atoms with Crippen LogP contribution in [0, 0.1) is 0 Å². The summed E-state index contributed by atoms with van der Waals surface area (Å²) in [6.07, 6.45) is 1.14. The number of carbonyl (C=O) groups excluding carboxylic acids is 1. The Morgan fingerprint density at radius 2 is 1.41 bits per heavy atom. The fourth-order valence-electron chi connectivity index (χ4n) is 3.20. The molecule has 0 atom stereocenters. The molecule has 7 heteroatoms. The van der Waals surface area contributed by atoms with Crippen molar-refractivity contribution in [1.29, 1.82) is 0 Å². The molecule has 0 bridgehead atoms. The third-order valence-electron chi connectivity index (χ3n) is 4.97. The van der Waals surface area contributed by atoms with Gasteiger partial charge in [-0.2, -0.15) is 0 Å². The van der Waals surface area contributed by atoms with E-state index in [4.69, 9.17) is 16.3 Å². The van der Waals surface area contributed by atoms with E-state index in [0.717, 1.165) is 17.4 Å². The zero-order chi connectivity index (χ0) is 23.1. The largest absolute Gasteiger partial charge is 0.457 e. The maximum absolute atomic E-state index is 12.6. The van der Waals surface area contributed by atoms with Gasteiger partial charge in [0.25, 0.3) is 0 Å². The van der Waals surface area contributed by atoms with Gasteiger partial charge in [-0.25, -0.2) is 13.2 Å². The van der Waals surface area contributed by atoms with E-state index < -0.39 is 15.8 Å². The fourth-order valence-corrected chi connectivity index (χ4v) is 4.01. The molecule has 0 amide bonds. The van der Waals surface area contributed by atoms with Crippen molar-refractivity contribution in [2.45, 2.75) is 10.8 Å². The number of rotatable bonds is 8. The van der Waals surface area contributed by atoms with E-state index >= 15 is 0 Å². The van der Waals surface area contributed by atoms with E-state index in [1.165, 1.54) is 12.1 Å². The molecule has 0 unspecified atom stereocenters. The second-order valence-corrected chi connectivity index (χ2v) is 9.47. The molecule has 0 radical (unpaired) electrons. The maximum atomic E-state index is 12.6. The van der Waals surface area contributed by atoms with Gasteiger partial charge in [0.15, 0.2) is 9.84 Å². The average Bonchev–Trinajstić information content (AvgIpc) is 2.81. The molecular weight excluding hydrogens is 448 g/mol. The summed E-state index contributed by atoms with van der Waals surface area (Å²) in [6, 6.07) is 22.4. The van der Waals surface area contributed by atoms with Crippen LogP contribution in [0.15, 0.2) is 83.8 Å². The highest BCUT2D eigenvalue weighted by Crippen LogP contribution is 2.28. The highest BCUT2D eigenvalue weighted by Gasteiger charge is 2.16. The molecule has 1 N–H and O–H groups in total. The highest BCUT2D eigenvalue weighted by molar-refractivity contribution is 7.90. The van der Waals surface area contributed by atoms with Gasteiger partial charge < -0.3 is 9.84 Å². The Kier molecular flexibility index (Phi) is 7.85. The number of sulfone groups is 1. The van der Waals surface area contributed by atoms with Crippen molar-refractivity contribution in [3.05, 3.63) is 101 Å². The third kappa shape index (κ3) is 5.85. The van der Waals surface area contributed by atoms with E-state index in [1.54, 1.807) is 36.4 Å². The Hall–Kier alpha value is -2.93. The number of aliphatic hydroxyl groups is 1. The zero-order valence-corrected chi connectivity index (χ0v) is 19.1. The van der Waals surface area contributed by atoms with Gasteiger partial charge >= 0.3 is 5.97 Å². The molecule has 5 nitrogen and oxygen atoms in total. The van der Waals surface area contributed by atoms with E-state index in [-0.39, 0.29) is 18.1 Å². The lowest BCUT2D eigenvalue weighted by atomic mass is 9.95. The number of aliphatic hydroxyl groups excluding tert-OH is 1. The molecule has 0 aromatic heterocycles. The normalized spacial score (nSPS) is 12.2. The summed E-state index contributed by atoms with van der Waals surface area (Å²) in [6.45, 7) is -0.381. The van der Waals surface area contributed by atoms with E-state index in [1.807, 2.05) is 30.3 Å². The predicted molar refractivity (Wildman–Crippen MR) is 126 cm³/mol. The summed E-state index contributed by atoms with van der Waals surface area (Å²) in [5.41, 5.74) is 3.88. The third-order valence-corrected chi connectivity index (χ3v) is 6.40. The summed E-state index contributed by atoms with van der Waals surface area (Å²) >= 11 is 5.79. The van der Waals surface area contributed by atoms with Crippen molar-refractivity contribution in [2.24, 2.45) is 0 Å². The summed E-state index contributed by atoms with van der Waals surface area (Å²) in [4.78, 5) is 12.8. The van der Waals surface area contributed by atoms with Gasteiger partial charge in [-0.1, -0.05) is 54.6 Å². The minimum Gasteiger partial charge on any atom is -0.457 e. The monoisotopic (exact) mass is 470 g/mol. The van der Waals surface area contributed by atoms with E-state index in [0.29, 0.717) is 28.2 Å². The Bertz CT molecular complexity index is 1200. The van der Waals surface area contributed by atoms with Gasteiger partial charge in [0.05, 0.1) is 17.1 Å². The van der Waals surface area contributed by atoms with Crippen molar-refractivity contribution in [3.8, 4) is 0 Å². The second kappa shape index (κ2) is 10.6. The van der Waals surface area contributed by atoms with Crippen LogP contribution >= 0.6 is 11.6 Å². The van der Waals surface area contributed by atoms with Crippen LogP contribution in [-0.4, -0.2) is 39.0 Å². The molecule has 0 heterocycles. The Morgan fingerprint density at radius 1 is 0.844 bits per heavy atom. The number of hydrogen-bond donors (Lipinski definition) is 1. The Balaban J connectivity index is 1.96. The standard InChI is InChI=1S/C25H23ClO5S/c1-32(29,30)22-13-11-20(12-14-22)24(23(16-27)19-5-3-2-4-6-19)17-31-25(28)21-9-7-18(15-26)8-10-21/h2-14,27H,15-17H2,1H3. The molecule has 0 saturated carbocycles. The first-order chi connectivity index (χ1) is 15.3. The number of halogens is 1. The first-order valence-electron chi connectivity index (χ1n) is 9.84. The number of hydrogen-bond acceptors (Lipinski definition) is 5. The van der Waals surface area contributed by atoms with Gasteiger partial charge in [-0.3, -0.25) is 0 Å². The van der Waals surface area contributed by atoms with Crippen molar-refractivity contribution in [2.75, 3.05) is 19.5 Å². The molecule has 0 spiro atoms. The minimum absolute atomic E-state index is 0.0981. The van der Waals surface area contributed by atoms with Crippen molar-refractivity contribution in [1.82, 2.24) is 0 Å². The van der Waals surface area contributed by atoms with Crippen LogP contribution in [0.1, 0.15) is 27.0 Å². The summed E-state index contributed by atoms with van der Waals surface area (Å²) < 4.78 is 29.2. The summed E-state index contributed by atoms with van der Waals surface area (Å²) in [7, 11) is -3.35. The topological polar surface area (TPSA) is 80.7 Å². The van der Waals surface area contributed by atoms with Crippen LogP contribution in [0.2, 0.25) is 0 Å². The number of carbonyl (C=O) groups is 1. The fraction of sp³-hybridized carbons (Fsp3) is 0.160. The van der Waals surface area contributed by atoms with Gasteiger partial charge in [0, 0.05) is 17.7 Å². The van der Waals surface area contributed by atoms with Gasteiger partial charge in [0.1, 0.15) is 6.61 Å². The molecule has 0 aliphatic rings. The van der Waals surface area contributed by atoms with Gasteiger partial charge in [-0.05, 0) is 46.5 Å². The predicted octanol–water partition coefficient (Wildman–Crippen LogP) is 4.59. The molecule has 32 heavy (non-hydrogen) atoms. The molecule has 3 rings (SSSR count). The molecule has 0 aliphatic carbocycles. The van der Waals surface area contributed by atoms with Gasteiger partial charge in [0.2, 0.25) is 0 Å². The first-order valence-corrected chi connectivity index (χ1v) is 12.3. The van der Waals surface area contributed by atoms with Gasteiger partial charge in [-0.15, -0.1) is 11.6 Å². The second-order valence-electron chi connectivity index (χ2n) is 7.18. The SMILES string of the molecule is CS(=O)(=O)c1ccc(C(COC(=O)c2ccc(CCl)cc2)=C(CO)c2ccccc2)cc1. The Labute approximate surface area is 192 Å². The molecule has 0 aliphatic heterocycles. The highest BCUT2D eigenvalue weighted by atomic mass is 35.5. The van der Waals surface area contributed by atoms with Crippen LogP contribution in [0.25, 0.3) is 11.1 Å².